The second kappa shape index (κ2) is 5.73. The fraction of sp³-hybridized carbons (Fsp3) is 0.176. The zero-order valence-corrected chi connectivity index (χ0v) is 13.3. The first-order valence-electron chi connectivity index (χ1n) is 7.72. The van der Waals surface area contributed by atoms with Crippen LogP contribution in [0.15, 0.2) is 36.4 Å². The van der Waals surface area contributed by atoms with Gasteiger partial charge in [-0.2, -0.15) is 26.3 Å². The van der Waals surface area contributed by atoms with E-state index in [1.807, 2.05) is 0 Å². The van der Waals surface area contributed by atoms with Crippen LogP contribution >= 0.6 is 0 Å². The van der Waals surface area contributed by atoms with Crippen LogP contribution in [0.25, 0.3) is 22.1 Å². The molecule has 4 rings (SSSR count). The Morgan fingerprint density at radius 2 is 1.07 bits per heavy atom. The minimum absolute atomic E-state index is 0.0715. The van der Waals surface area contributed by atoms with Gasteiger partial charge in [0.1, 0.15) is 22.7 Å². The fourth-order valence-electron chi connectivity index (χ4n) is 2.95. The molecule has 0 bridgehead atoms. The van der Waals surface area contributed by atoms with E-state index in [0.717, 1.165) is 12.1 Å². The molecule has 0 spiro atoms. The van der Waals surface area contributed by atoms with Gasteiger partial charge in [-0.05, 0) is 24.3 Å². The number of aromatic amines is 2. The zero-order valence-electron chi connectivity index (χ0n) is 13.3. The summed E-state index contributed by atoms with van der Waals surface area (Å²) in [6.45, 7) is 0. The maximum Gasteiger partial charge on any atom is 0.418 e. The molecule has 2 heterocycles. The number of benzene rings is 2. The predicted octanol–water partition coefficient (Wildman–Crippen LogP) is 5.07. The molecule has 0 fully saturated rings. The van der Waals surface area contributed by atoms with Crippen molar-refractivity contribution in [3.05, 3.63) is 59.2 Å². The Kier molecular flexibility index (Phi) is 3.69. The number of para-hydroxylation sites is 2. The smallest absolute Gasteiger partial charge is 0.342 e. The van der Waals surface area contributed by atoms with Crippen molar-refractivity contribution in [2.75, 3.05) is 0 Å². The van der Waals surface area contributed by atoms with Gasteiger partial charge >= 0.3 is 12.4 Å². The standard InChI is InChI=1S/C17H10F6N4/c18-16(19,20)8-3-1-5-10-14(8)26-12(24-10)7-13-25-11-6-2-4-9(15(11)27-13)17(21,22)23/h1-6H,7H2,(H,24,26)(H,25,27). The highest BCUT2D eigenvalue weighted by Gasteiger charge is 2.34. The first-order chi connectivity index (χ1) is 12.6. The molecule has 0 aliphatic carbocycles. The molecule has 2 aromatic carbocycles. The number of hydrogen-bond acceptors (Lipinski definition) is 2. The lowest BCUT2D eigenvalue weighted by Gasteiger charge is -2.05. The molecule has 0 radical (unpaired) electrons. The lowest BCUT2D eigenvalue weighted by Crippen LogP contribution is -2.05. The van der Waals surface area contributed by atoms with Crippen LogP contribution in [0.4, 0.5) is 26.3 Å². The molecule has 10 heteroatoms. The van der Waals surface area contributed by atoms with Crippen molar-refractivity contribution in [1.29, 1.82) is 0 Å². The molecule has 2 N–H and O–H groups in total. The maximum atomic E-state index is 13.1. The van der Waals surface area contributed by atoms with Gasteiger partial charge in [-0.3, -0.25) is 0 Å². The molecule has 0 atom stereocenters. The first-order valence-corrected chi connectivity index (χ1v) is 7.72. The van der Waals surface area contributed by atoms with Crippen molar-refractivity contribution < 1.29 is 26.3 Å². The van der Waals surface area contributed by atoms with E-state index in [-0.39, 0.29) is 40.1 Å². The summed E-state index contributed by atoms with van der Waals surface area (Å²) < 4.78 is 78.4. The van der Waals surface area contributed by atoms with E-state index < -0.39 is 23.5 Å². The Labute approximate surface area is 147 Å². The number of aromatic nitrogens is 4. The van der Waals surface area contributed by atoms with E-state index >= 15 is 0 Å². The largest absolute Gasteiger partial charge is 0.418 e. The van der Waals surface area contributed by atoms with Gasteiger partial charge < -0.3 is 9.97 Å². The summed E-state index contributed by atoms with van der Waals surface area (Å²) in [7, 11) is 0. The lowest BCUT2D eigenvalue weighted by atomic mass is 10.2. The van der Waals surface area contributed by atoms with Crippen LogP contribution in [0.5, 0.6) is 0 Å². The van der Waals surface area contributed by atoms with Gasteiger partial charge in [0.15, 0.2) is 0 Å². The van der Waals surface area contributed by atoms with Crippen LogP contribution in [-0.2, 0) is 18.8 Å². The SMILES string of the molecule is FC(F)(F)c1cccc2[nH]c(Cc3nc4c(C(F)(F)F)cccc4[nH]3)nc12. The number of alkyl halides is 6. The third-order valence-corrected chi connectivity index (χ3v) is 4.07. The molecular weight excluding hydrogens is 374 g/mol. The zero-order chi connectivity index (χ0) is 19.4. The van der Waals surface area contributed by atoms with E-state index in [1.54, 1.807) is 0 Å². The minimum Gasteiger partial charge on any atom is -0.342 e. The number of fused-ring (bicyclic) bond motifs is 2. The molecule has 2 aromatic heterocycles. The van der Waals surface area contributed by atoms with Crippen LogP contribution in [0, 0.1) is 0 Å². The Hall–Kier alpha value is -3.04. The average Bonchev–Trinajstić information content (AvgIpc) is 3.14. The quantitative estimate of drug-likeness (QED) is 0.474. The van der Waals surface area contributed by atoms with E-state index in [2.05, 4.69) is 19.9 Å². The van der Waals surface area contributed by atoms with Crippen molar-refractivity contribution in [3.63, 3.8) is 0 Å². The Balaban J connectivity index is 1.75. The van der Waals surface area contributed by atoms with E-state index in [9.17, 15) is 26.3 Å². The van der Waals surface area contributed by atoms with Gasteiger partial charge in [-0.25, -0.2) is 9.97 Å². The molecule has 0 amide bonds. The highest BCUT2D eigenvalue weighted by atomic mass is 19.4. The maximum absolute atomic E-state index is 13.1. The second-order valence-electron chi connectivity index (χ2n) is 5.94. The summed E-state index contributed by atoms with van der Waals surface area (Å²) in [5, 5.41) is 0. The van der Waals surface area contributed by atoms with Crippen molar-refractivity contribution >= 4 is 22.1 Å². The van der Waals surface area contributed by atoms with E-state index in [4.69, 9.17) is 0 Å². The van der Waals surface area contributed by atoms with E-state index in [1.165, 1.54) is 24.3 Å². The van der Waals surface area contributed by atoms with Crippen LogP contribution in [0.2, 0.25) is 0 Å². The summed E-state index contributed by atoms with van der Waals surface area (Å²) in [6, 6.07) is 7.24. The predicted molar refractivity (Wildman–Crippen MR) is 85.0 cm³/mol. The highest BCUT2D eigenvalue weighted by molar-refractivity contribution is 5.80. The summed E-state index contributed by atoms with van der Waals surface area (Å²) in [6.07, 6.45) is -9.20. The molecule has 0 saturated carbocycles. The number of hydrogen-bond donors (Lipinski definition) is 2. The third-order valence-electron chi connectivity index (χ3n) is 4.07. The van der Waals surface area contributed by atoms with Crippen LogP contribution in [-0.4, -0.2) is 19.9 Å². The van der Waals surface area contributed by atoms with E-state index in [0.29, 0.717) is 0 Å². The number of H-pyrrole nitrogens is 2. The lowest BCUT2D eigenvalue weighted by molar-refractivity contribution is -0.137. The molecule has 0 aliphatic heterocycles. The molecular formula is C17H10F6N4. The first kappa shape index (κ1) is 17.4. The normalized spacial score (nSPS) is 13.0. The average molecular weight is 384 g/mol. The molecule has 0 unspecified atom stereocenters. The van der Waals surface area contributed by atoms with Crippen LogP contribution in [0.1, 0.15) is 22.8 Å². The van der Waals surface area contributed by atoms with Gasteiger partial charge in [0.05, 0.1) is 28.6 Å². The van der Waals surface area contributed by atoms with Crippen molar-refractivity contribution in [3.8, 4) is 0 Å². The van der Waals surface area contributed by atoms with Gasteiger partial charge in [-0.15, -0.1) is 0 Å². The van der Waals surface area contributed by atoms with Gasteiger partial charge in [0.25, 0.3) is 0 Å². The third kappa shape index (κ3) is 3.11. The summed E-state index contributed by atoms with van der Waals surface area (Å²) in [5.74, 6) is 0.323. The van der Waals surface area contributed by atoms with Gasteiger partial charge in [0.2, 0.25) is 0 Å². The van der Waals surface area contributed by atoms with Crippen molar-refractivity contribution in [2.24, 2.45) is 0 Å². The molecule has 0 aliphatic rings. The van der Waals surface area contributed by atoms with Crippen molar-refractivity contribution in [1.82, 2.24) is 19.9 Å². The second-order valence-corrected chi connectivity index (χ2v) is 5.94. The monoisotopic (exact) mass is 384 g/mol. The Morgan fingerprint density at radius 1 is 0.667 bits per heavy atom. The van der Waals surface area contributed by atoms with Gasteiger partial charge in [0, 0.05) is 0 Å². The molecule has 140 valence electrons. The topological polar surface area (TPSA) is 57.4 Å². The Morgan fingerprint density at radius 3 is 1.44 bits per heavy atom. The number of nitrogens with one attached hydrogen (secondary N) is 2. The van der Waals surface area contributed by atoms with Gasteiger partial charge in [-0.1, -0.05) is 12.1 Å². The molecule has 4 aromatic rings. The number of imidazole rings is 2. The van der Waals surface area contributed by atoms with Crippen molar-refractivity contribution in [2.45, 2.75) is 18.8 Å². The number of rotatable bonds is 2. The molecule has 4 nitrogen and oxygen atoms in total. The number of nitrogens with zero attached hydrogens (tertiary/aromatic N) is 2. The summed E-state index contributed by atoms with van der Waals surface area (Å²) in [5.41, 5.74) is -1.88. The van der Waals surface area contributed by atoms with Crippen LogP contribution < -0.4 is 0 Å². The highest BCUT2D eigenvalue weighted by Crippen LogP contribution is 2.35. The Bertz CT molecular complexity index is 1050. The minimum atomic E-state index is -4.56. The molecule has 27 heavy (non-hydrogen) atoms. The summed E-state index contributed by atoms with van der Waals surface area (Å²) in [4.78, 5) is 13.4. The fourth-order valence-corrected chi connectivity index (χ4v) is 2.95. The van der Waals surface area contributed by atoms with Crippen LogP contribution in [0.3, 0.4) is 0 Å². The summed E-state index contributed by atoms with van der Waals surface area (Å²) >= 11 is 0. The molecule has 0 saturated heterocycles. The number of halogens is 6.